The van der Waals surface area contributed by atoms with E-state index in [0.29, 0.717) is 12.3 Å². The summed E-state index contributed by atoms with van der Waals surface area (Å²) in [7, 11) is 0. The van der Waals surface area contributed by atoms with Gasteiger partial charge in [0.1, 0.15) is 6.04 Å². The number of likely N-dealkylation sites (tertiary alicyclic amines) is 1. The molecule has 1 N–H and O–H groups in total. The van der Waals surface area contributed by atoms with Crippen LogP contribution in [0, 0.1) is 17.3 Å². The van der Waals surface area contributed by atoms with Crippen LogP contribution < -0.4 is 5.32 Å². The Labute approximate surface area is 162 Å². The predicted molar refractivity (Wildman–Crippen MR) is 105 cm³/mol. The second-order valence-corrected chi connectivity index (χ2v) is 9.70. The van der Waals surface area contributed by atoms with Crippen molar-refractivity contribution in [2.45, 2.75) is 46.1 Å². The molecule has 25 heavy (non-hydrogen) atoms. The van der Waals surface area contributed by atoms with Crippen LogP contribution in [0.25, 0.3) is 0 Å². The van der Waals surface area contributed by atoms with Gasteiger partial charge in [-0.3, -0.25) is 9.59 Å². The summed E-state index contributed by atoms with van der Waals surface area (Å²) in [6.45, 7) is 10.1. The second-order valence-electron chi connectivity index (χ2n) is 8.70. The molecule has 0 aromatic heterocycles. The largest absolute Gasteiger partial charge is 0.341 e. The zero-order chi connectivity index (χ0) is 17.3. The fraction of sp³-hybridized carbons (Fsp3) is 0.889. The Bertz CT molecular complexity index is 483. The molecule has 3 aliphatic rings. The molecule has 0 spiro atoms. The Hall–Kier alpha value is -0.460. The van der Waals surface area contributed by atoms with E-state index in [1.54, 1.807) is 11.8 Å². The summed E-state index contributed by atoms with van der Waals surface area (Å²) < 4.78 is 0. The molecular weight excluding hydrogens is 358 g/mol. The molecular formula is C18H32ClN3O2S. The number of carbonyl (C=O) groups excluding carboxylic acids is 2. The van der Waals surface area contributed by atoms with E-state index < -0.39 is 0 Å². The number of nitrogens with one attached hydrogen (secondary N) is 1. The topological polar surface area (TPSA) is 52.7 Å². The number of hydrogen-bond donors (Lipinski definition) is 1. The summed E-state index contributed by atoms with van der Waals surface area (Å²) in [5.74, 6) is 3.16. The molecule has 0 aromatic rings. The van der Waals surface area contributed by atoms with Crippen molar-refractivity contribution in [3.05, 3.63) is 0 Å². The molecule has 3 saturated heterocycles. The van der Waals surface area contributed by atoms with Crippen LogP contribution in [-0.2, 0) is 9.59 Å². The van der Waals surface area contributed by atoms with E-state index in [0.717, 1.165) is 56.6 Å². The molecule has 2 amide bonds. The van der Waals surface area contributed by atoms with Crippen LogP contribution in [0.1, 0.15) is 40.0 Å². The first-order valence-corrected chi connectivity index (χ1v) is 10.4. The highest BCUT2D eigenvalue weighted by atomic mass is 35.5. The molecule has 3 heterocycles. The van der Waals surface area contributed by atoms with Gasteiger partial charge in [0.15, 0.2) is 0 Å². The molecule has 3 rings (SSSR count). The summed E-state index contributed by atoms with van der Waals surface area (Å²) in [6, 6.07) is -0.249. The van der Waals surface area contributed by atoms with Crippen molar-refractivity contribution in [3.63, 3.8) is 0 Å². The van der Waals surface area contributed by atoms with Crippen molar-refractivity contribution in [1.82, 2.24) is 15.1 Å². The second kappa shape index (κ2) is 8.49. The minimum Gasteiger partial charge on any atom is -0.341 e. The average molecular weight is 390 g/mol. The molecule has 3 aliphatic heterocycles. The van der Waals surface area contributed by atoms with Gasteiger partial charge in [-0.15, -0.1) is 24.2 Å². The van der Waals surface area contributed by atoms with E-state index in [4.69, 9.17) is 0 Å². The average Bonchev–Trinajstić information content (AvgIpc) is 3.11. The number of carbonyl (C=O) groups is 2. The third kappa shape index (κ3) is 5.04. The molecule has 1 unspecified atom stereocenters. The summed E-state index contributed by atoms with van der Waals surface area (Å²) in [6.07, 6.45) is 2.70. The highest BCUT2D eigenvalue weighted by Gasteiger charge is 2.39. The van der Waals surface area contributed by atoms with Gasteiger partial charge in [-0.2, -0.15) is 0 Å². The SMILES string of the molecule is CC(C)(C)CC(=O)N1CSCC1C(=O)N1CC[C@@H]2CNC[C@@H]2CC1.Cl. The molecule has 3 fully saturated rings. The maximum Gasteiger partial charge on any atom is 0.246 e. The number of thioether (sulfide) groups is 1. The van der Waals surface area contributed by atoms with Gasteiger partial charge in [-0.25, -0.2) is 0 Å². The maximum absolute atomic E-state index is 13.1. The van der Waals surface area contributed by atoms with E-state index in [-0.39, 0.29) is 35.7 Å². The van der Waals surface area contributed by atoms with Gasteiger partial charge in [-0.1, -0.05) is 20.8 Å². The van der Waals surface area contributed by atoms with Crippen molar-refractivity contribution in [2.75, 3.05) is 37.8 Å². The van der Waals surface area contributed by atoms with Crippen molar-refractivity contribution in [1.29, 1.82) is 0 Å². The molecule has 0 radical (unpaired) electrons. The normalized spacial score (nSPS) is 29.8. The summed E-state index contributed by atoms with van der Waals surface area (Å²) in [4.78, 5) is 29.5. The maximum atomic E-state index is 13.1. The molecule has 7 heteroatoms. The smallest absolute Gasteiger partial charge is 0.246 e. The van der Waals surface area contributed by atoms with Crippen LogP contribution in [0.2, 0.25) is 0 Å². The molecule has 0 bridgehead atoms. The minimum absolute atomic E-state index is 0. The van der Waals surface area contributed by atoms with Crippen LogP contribution in [0.3, 0.4) is 0 Å². The molecule has 3 atom stereocenters. The standard InChI is InChI=1S/C18H31N3O2S.ClH/c1-18(2,3)8-16(22)21-12-24-11-15(21)17(23)20-6-4-13-9-19-10-14(13)5-7-20;/h13-15,19H,4-12H2,1-3H3;1H/t13-,14+,15?;. The van der Waals surface area contributed by atoms with Crippen LogP contribution in [-0.4, -0.2) is 65.5 Å². The van der Waals surface area contributed by atoms with Gasteiger partial charge in [0, 0.05) is 25.3 Å². The van der Waals surface area contributed by atoms with Crippen LogP contribution in [0.5, 0.6) is 0 Å². The fourth-order valence-electron chi connectivity index (χ4n) is 4.10. The number of halogens is 1. The highest BCUT2D eigenvalue weighted by Crippen LogP contribution is 2.30. The van der Waals surface area contributed by atoms with Gasteiger partial charge < -0.3 is 15.1 Å². The minimum atomic E-state index is -0.249. The number of nitrogens with zero attached hydrogens (tertiary/aromatic N) is 2. The van der Waals surface area contributed by atoms with Gasteiger partial charge in [0.2, 0.25) is 11.8 Å². The third-order valence-electron chi connectivity index (χ3n) is 5.50. The Morgan fingerprint density at radius 2 is 1.72 bits per heavy atom. The lowest BCUT2D eigenvalue weighted by atomic mass is 9.91. The van der Waals surface area contributed by atoms with Crippen molar-refractivity contribution in [2.24, 2.45) is 17.3 Å². The Morgan fingerprint density at radius 1 is 1.12 bits per heavy atom. The molecule has 144 valence electrons. The fourth-order valence-corrected chi connectivity index (χ4v) is 5.27. The number of fused-ring (bicyclic) bond motifs is 1. The van der Waals surface area contributed by atoms with Gasteiger partial charge >= 0.3 is 0 Å². The van der Waals surface area contributed by atoms with E-state index in [9.17, 15) is 9.59 Å². The number of amides is 2. The first kappa shape index (κ1) is 20.8. The number of hydrogen-bond acceptors (Lipinski definition) is 4. The molecule has 0 aliphatic carbocycles. The predicted octanol–water partition coefficient (Wildman–Crippen LogP) is 2.20. The van der Waals surface area contributed by atoms with E-state index in [2.05, 4.69) is 26.1 Å². The summed E-state index contributed by atoms with van der Waals surface area (Å²) in [5, 5.41) is 3.48. The van der Waals surface area contributed by atoms with E-state index in [1.807, 2.05) is 9.80 Å². The quantitative estimate of drug-likeness (QED) is 0.786. The van der Waals surface area contributed by atoms with Crippen molar-refractivity contribution in [3.8, 4) is 0 Å². The lowest BCUT2D eigenvalue weighted by Gasteiger charge is -2.31. The summed E-state index contributed by atoms with van der Waals surface area (Å²) >= 11 is 1.71. The zero-order valence-corrected chi connectivity index (χ0v) is 17.3. The molecule has 0 saturated carbocycles. The number of rotatable bonds is 2. The van der Waals surface area contributed by atoms with Crippen molar-refractivity contribution < 1.29 is 9.59 Å². The van der Waals surface area contributed by atoms with Gasteiger partial charge in [0.05, 0.1) is 5.88 Å². The van der Waals surface area contributed by atoms with Gasteiger partial charge in [-0.05, 0) is 43.2 Å². The van der Waals surface area contributed by atoms with E-state index >= 15 is 0 Å². The summed E-state index contributed by atoms with van der Waals surface area (Å²) in [5.41, 5.74) is -0.0367. The van der Waals surface area contributed by atoms with Crippen LogP contribution in [0.4, 0.5) is 0 Å². The molecule has 5 nitrogen and oxygen atoms in total. The first-order valence-electron chi connectivity index (χ1n) is 9.22. The Balaban J connectivity index is 0.00000225. The highest BCUT2D eigenvalue weighted by molar-refractivity contribution is 7.99. The van der Waals surface area contributed by atoms with Crippen LogP contribution in [0.15, 0.2) is 0 Å². The van der Waals surface area contributed by atoms with Crippen molar-refractivity contribution >= 4 is 36.0 Å². The first-order chi connectivity index (χ1) is 11.3. The lowest BCUT2D eigenvalue weighted by molar-refractivity contribution is -0.144. The zero-order valence-electron chi connectivity index (χ0n) is 15.6. The van der Waals surface area contributed by atoms with Gasteiger partial charge in [0.25, 0.3) is 0 Å². The third-order valence-corrected chi connectivity index (χ3v) is 6.51. The molecule has 0 aromatic carbocycles. The lowest BCUT2D eigenvalue weighted by Crippen LogP contribution is -2.49. The Kier molecular flexibility index (Phi) is 7.08. The Morgan fingerprint density at radius 3 is 2.28 bits per heavy atom. The van der Waals surface area contributed by atoms with E-state index in [1.165, 1.54) is 0 Å². The monoisotopic (exact) mass is 389 g/mol. The van der Waals surface area contributed by atoms with Crippen LogP contribution >= 0.6 is 24.2 Å².